The molecule has 0 saturated carbocycles. The van der Waals surface area contributed by atoms with E-state index >= 15 is 0 Å². The van der Waals surface area contributed by atoms with Gasteiger partial charge in [-0.25, -0.2) is 0 Å². The zero-order valence-corrected chi connectivity index (χ0v) is 17.7. The van der Waals surface area contributed by atoms with Crippen LogP contribution in [0.3, 0.4) is 0 Å². The zero-order valence-electron chi connectivity index (χ0n) is 16.0. The first-order valence-corrected chi connectivity index (χ1v) is 10.7. The van der Waals surface area contributed by atoms with Gasteiger partial charge in [0, 0.05) is 23.4 Å². The summed E-state index contributed by atoms with van der Waals surface area (Å²) in [5.74, 6) is 1.19. The van der Waals surface area contributed by atoms with Crippen molar-refractivity contribution < 1.29 is 9.34 Å². The highest BCUT2D eigenvalue weighted by Crippen LogP contribution is 2.31. The first-order valence-electron chi connectivity index (χ1n) is 8.86. The van der Waals surface area contributed by atoms with Gasteiger partial charge in [-0.15, -0.1) is 20.4 Å². The maximum absolute atomic E-state index is 10.7. The molecule has 2 aromatic carbocycles. The number of aromatic nitrogens is 4. The Balaban J connectivity index is 1.36. The minimum absolute atomic E-state index is 0.00975. The van der Waals surface area contributed by atoms with E-state index in [4.69, 9.17) is 4.42 Å². The van der Waals surface area contributed by atoms with Crippen LogP contribution < -0.4 is 5.32 Å². The second-order valence-electron chi connectivity index (χ2n) is 6.39. The van der Waals surface area contributed by atoms with Gasteiger partial charge in [0.25, 0.3) is 5.69 Å². The fraction of sp³-hybridized carbons (Fsp3) is 0.158. The molecule has 11 heteroatoms. The van der Waals surface area contributed by atoms with Gasteiger partial charge in [0.2, 0.25) is 16.9 Å². The molecule has 0 amide bonds. The molecule has 0 spiro atoms. The summed E-state index contributed by atoms with van der Waals surface area (Å²) in [4.78, 5) is 10.3. The Hall–Kier alpha value is -3.31. The molecule has 0 aliphatic heterocycles. The number of benzene rings is 2. The van der Waals surface area contributed by atoms with E-state index < -0.39 is 4.92 Å². The van der Waals surface area contributed by atoms with Gasteiger partial charge in [0.05, 0.1) is 10.7 Å². The molecule has 0 bridgehead atoms. The highest BCUT2D eigenvalue weighted by molar-refractivity contribution is 8.00. The van der Waals surface area contributed by atoms with Crippen LogP contribution >= 0.6 is 23.1 Å². The second-order valence-corrected chi connectivity index (χ2v) is 8.59. The van der Waals surface area contributed by atoms with Gasteiger partial charge in [0.1, 0.15) is 0 Å². The minimum atomic E-state index is -0.454. The Labute approximate surface area is 179 Å². The number of aryl methyl sites for hydroxylation is 2. The lowest BCUT2D eigenvalue weighted by atomic mass is 10.1. The van der Waals surface area contributed by atoms with Gasteiger partial charge in [-0.3, -0.25) is 10.1 Å². The van der Waals surface area contributed by atoms with Crippen LogP contribution in [0.2, 0.25) is 0 Å². The van der Waals surface area contributed by atoms with Crippen LogP contribution in [0.15, 0.2) is 51.2 Å². The van der Waals surface area contributed by atoms with Crippen LogP contribution in [-0.4, -0.2) is 25.3 Å². The lowest BCUT2D eigenvalue weighted by Crippen LogP contribution is -1.91. The quantitative estimate of drug-likeness (QED) is 0.236. The third kappa shape index (κ3) is 4.63. The van der Waals surface area contributed by atoms with Crippen LogP contribution in [0, 0.1) is 24.0 Å². The highest BCUT2D eigenvalue weighted by Gasteiger charge is 2.13. The first kappa shape index (κ1) is 20.0. The predicted octanol–water partition coefficient (Wildman–Crippen LogP) is 5.15. The maximum Gasteiger partial charge on any atom is 0.269 e. The number of rotatable bonds is 7. The molecule has 152 valence electrons. The van der Waals surface area contributed by atoms with Gasteiger partial charge in [-0.05, 0) is 49.2 Å². The number of nitrogens with one attached hydrogen (secondary N) is 1. The summed E-state index contributed by atoms with van der Waals surface area (Å²) in [6, 6.07) is 12.1. The maximum atomic E-state index is 10.7. The number of hydrogen-bond donors (Lipinski definition) is 1. The third-order valence-electron chi connectivity index (χ3n) is 4.28. The largest absolute Gasteiger partial charge is 0.420 e. The monoisotopic (exact) mass is 440 g/mol. The summed E-state index contributed by atoms with van der Waals surface area (Å²) in [7, 11) is 0. The number of nitro groups is 1. The van der Waals surface area contributed by atoms with Crippen molar-refractivity contribution in [2.24, 2.45) is 0 Å². The number of hydrogen-bond acceptors (Lipinski definition) is 10. The van der Waals surface area contributed by atoms with Crippen molar-refractivity contribution in [2.75, 3.05) is 5.32 Å². The fourth-order valence-corrected chi connectivity index (χ4v) is 4.15. The van der Waals surface area contributed by atoms with Crippen LogP contribution in [0.25, 0.3) is 11.5 Å². The van der Waals surface area contributed by atoms with Gasteiger partial charge < -0.3 is 9.73 Å². The smallest absolute Gasteiger partial charge is 0.269 e. The Morgan fingerprint density at radius 1 is 1.07 bits per heavy atom. The van der Waals surface area contributed by atoms with Gasteiger partial charge in [-0.2, -0.15) is 0 Å². The first-order chi connectivity index (χ1) is 14.5. The average molecular weight is 441 g/mol. The lowest BCUT2D eigenvalue weighted by Gasteiger charge is -2.05. The normalized spacial score (nSPS) is 10.9. The van der Waals surface area contributed by atoms with Crippen molar-refractivity contribution in [1.82, 2.24) is 20.4 Å². The predicted molar refractivity (Wildman–Crippen MR) is 115 cm³/mol. The molecule has 9 nitrogen and oxygen atoms in total. The van der Waals surface area contributed by atoms with E-state index in [-0.39, 0.29) is 5.69 Å². The SMILES string of the molecule is Cc1ccc(Nc2nnc(SCc3nnc(-c4ccc([N+](=O)[O-])cc4)o3)s2)cc1C. The molecule has 4 rings (SSSR count). The Kier molecular flexibility index (Phi) is 5.72. The van der Waals surface area contributed by atoms with Crippen LogP contribution in [0.4, 0.5) is 16.5 Å². The number of thioether (sulfide) groups is 1. The molecule has 0 saturated heterocycles. The molecule has 0 aliphatic carbocycles. The van der Waals surface area contributed by atoms with Crippen molar-refractivity contribution in [1.29, 1.82) is 0 Å². The van der Waals surface area contributed by atoms with Crippen molar-refractivity contribution in [2.45, 2.75) is 23.9 Å². The Morgan fingerprint density at radius 3 is 2.60 bits per heavy atom. The second kappa shape index (κ2) is 8.59. The summed E-state index contributed by atoms with van der Waals surface area (Å²) in [6.07, 6.45) is 0. The van der Waals surface area contributed by atoms with Crippen molar-refractivity contribution in [3.8, 4) is 11.5 Å². The molecule has 30 heavy (non-hydrogen) atoms. The van der Waals surface area contributed by atoms with E-state index in [1.165, 1.54) is 46.4 Å². The summed E-state index contributed by atoms with van der Waals surface area (Å²) in [5.41, 5.74) is 4.05. The number of non-ortho nitro benzene ring substituents is 1. The van der Waals surface area contributed by atoms with Gasteiger partial charge in [-0.1, -0.05) is 29.2 Å². The minimum Gasteiger partial charge on any atom is -0.420 e. The summed E-state index contributed by atoms with van der Waals surface area (Å²) in [5, 5.41) is 31.1. The average Bonchev–Trinajstić information content (AvgIpc) is 3.39. The van der Waals surface area contributed by atoms with E-state index in [1.54, 1.807) is 12.1 Å². The summed E-state index contributed by atoms with van der Waals surface area (Å²) < 4.78 is 6.42. The zero-order chi connectivity index (χ0) is 21.1. The lowest BCUT2D eigenvalue weighted by molar-refractivity contribution is -0.384. The molecular weight excluding hydrogens is 424 g/mol. The van der Waals surface area contributed by atoms with Crippen LogP contribution in [0.5, 0.6) is 0 Å². The van der Waals surface area contributed by atoms with E-state index in [0.717, 1.165) is 10.0 Å². The number of nitrogens with zero attached hydrogens (tertiary/aromatic N) is 5. The molecular formula is C19H16N6O3S2. The van der Waals surface area contributed by atoms with Crippen molar-refractivity contribution >= 4 is 39.6 Å². The number of anilines is 2. The molecule has 0 radical (unpaired) electrons. The van der Waals surface area contributed by atoms with Gasteiger partial charge >= 0.3 is 0 Å². The molecule has 0 aliphatic rings. The highest BCUT2D eigenvalue weighted by atomic mass is 32.2. The summed E-state index contributed by atoms with van der Waals surface area (Å²) in [6.45, 7) is 4.14. The van der Waals surface area contributed by atoms with E-state index in [0.29, 0.717) is 28.2 Å². The van der Waals surface area contributed by atoms with E-state index in [9.17, 15) is 10.1 Å². The molecule has 0 unspecified atom stereocenters. The van der Waals surface area contributed by atoms with Crippen LogP contribution in [0.1, 0.15) is 17.0 Å². The fourth-order valence-electron chi connectivity index (χ4n) is 2.54. The molecule has 0 atom stereocenters. The molecule has 4 aromatic rings. The van der Waals surface area contributed by atoms with E-state index in [2.05, 4.69) is 51.7 Å². The standard InChI is InChI=1S/C19H16N6O3S2/c1-11-3-6-14(9-12(11)2)20-18-23-24-19(30-18)29-10-16-21-22-17(28-16)13-4-7-15(8-5-13)25(26)27/h3-9H,10H2,1-2H3,(H,20,23). The molecule has 2 heterocycles. The van der Waals surface area contributed by atoms with Crippen molar-refractivity contribution in [3.05, 3.63) is 69.6 Å². The Bertz CT molecular complexity index is 1190. The van der Waals surface area contributed by atoms with E-state index in [1.807, 2.05) is 6.07 Å². The Morgan fingerprint density at radius 2 is 1.87 bits per heavy atom. The molecule has 0 fully saturated rings. The molecule has 2 aromatic heterocycles. The summed E-state index contributed by atoms with van der Waals surface area (Å²) >= 11 is 2.89. The third-order valence-corrected chi connectivity index (χ3v) is 6.23. The topological polar surface area (TPSA) is 120 Å². The van der Waals surface area contributed by atoms with Crippen LogP contribution in [-0.2, 0) is 5.75 Å². The van der Waals surface area contributed by atoms with Gasteiger partial charge in [0.15, 0.2) is 4.34 Å². The van der Waals surface area contributed by atoms with Crippen molar-refractivity contribution in [3.63, 3.8) is 0 Å². The molecule has 1 N–H and O–H groups in total. The number of nitro benzene ring substituents is 1.